The number of allylic oxidation sites excluding steroid dienone is 1. The molecule has 1 aliphatic heterocycles. The van der Waals surface area contributed by atoms with Crippen molar-refractivity contribution in [2.24, 2.45) is 0 Å². The summed E-state index contributed by atoms with van der Waals surface area (Å²) in [6.07, 6.45) is 0. The molecule has 1 atom stereocenters. The molecule has 4 aromatic rings. The first kappa shape index (κ1) is 23.6. The zero-order valence-corrected chi connectivity index (χ0v) is 21.1. The summed E-state index contributed by atoms with van der Waals surface area (Å²) >= 11 is 5.82. The molecular formula is C28H26N4O3S. The van der Waals surface area contributed by atoms with Crippen molar-refractivity contribution in [1.29, 1.82) is 0 Å². The molecule has 1 aliphatic rings. The Morgan fingerprint density at radius 1 is 0.944 bits per heavy atom. The second kappa shape index (κ2) is 10.2. The van der Waals surface area contributed by atoms with Crippen molar-refractivity contribution < 1.29 is 14.0 Å². The maximum Gasteiger partial charge on any atom is 0.258 e. The van der Waals surface area contributed by atoms with E-state index in [1.54, 1.807) is 14.2 Å². The van der Waals surface area contributed by atoms with Crippen LogP contribution in [-0.2, 0) is 6.54 Å². The van der Waals surface area contributed by atoms with Gasteiger partial charge < -0.3 is 24.2 Å². The molecule has 8 heteroatoms. The highest BCUT2D eigenvalue weighted by molar-refractivity contribution is 7.80. The van der Waals surface area contributed by atoms with Crippen LogP contribution < -0.4 is 14.8 Å². The van der Waals surface area contributed by atoms with Gasteiger partial charge in [0.05, 0.1) is 25.8 Å². The van der Waals surface area contributed by atoms with E-state index in [0.717, 1.165) is 39.5 Å². The summed E-state index contributed by atoms with van der Waals surface area (Å²) in [5, 5.41) is 8.40. The van der Waals surface area contributed by atoms with Crippen LogP contribution in [0.4, 0.5) is 0 Å². The third-order valence-corrected chi connectivity index (χ3v) is 6.53. The molecule has 0 saturated heterocycles. The van der Waals surface area contributed by atoms with Gasteiger partial charge in [-0.15, -0.1) is 0 Å². The van der Waals surface area contributed by atoms with Crippen molar-refractivity contribution in [2.75, 3.05) is 14.2 Å². The van der Waals surface area contributed by atoms with Gasteiger partial charge in [-0.05, 0) is 54.5 Å². The Hall–Kier alpha value is -4.17. The van der Waals surface area contributed by atoms with Crippen molar-refractivity contribution in [1.82, 2.24) is 20.4 Å². The Balaban J connectivity index is 1.60. The van der Waals surface area contributed by atoms with Crippen LogP contribution in [0, 0.1) is 0 Å². The topological polar surface area (TPSA) is 72.7 Å². The van der Waals surface area contributed by atoms with Crippen LogP contribution in [0.1, 0.15) is 30.0 Å². The number of nitrogens with zero attached hydrogens (tertiary/aromatic N) is 3. The molecule has 1 N–H and O–H groups in total. The average Bonchev–Trinajstić information content (AvgIpc) is 3.41. The van der Waals surface area contributed by atoms with Crippen LogP contribution in [0.3, 0.4) is 0 Å². The molecule has 0 fully saturated rings. The lowest BCUT2D eigenvalue weighted by molar-refractivity contribution is 0.395. The van der Waals surface area contributed by atoms with E-state index in [2.05, 4.69) is 27.5 Å². The van der Waals surface area contributed by atoms with E-state index in [-0.39, 0.29) is 6.04 Å². The normalized spacial score (nSPS) is 15.6. The van der Waals surface area contributed by atoms with Gasteiger partial charge in [0.1, 0.15) is 11.5 Å². The quantitative estimate of drug-likeness (QED) is 0.329. The third kappa shape index (κ3) is 4.67. The molecule has 1 unspecified atom stereocenters. The molecule has 36 heavy (non-hydrogen) atoms. The number of rotatable bonds is 7. The fourth-order valence-electron chi connectivity index (χ4n) is 4.30. The van der Waals surface area contributed by atoms with Crippen molar-refractivity contribution in [3.8, 4) is 22.9 Å². The lowest BCUT2D eigenvalue weighted by Gasteiger charge is -2.37. The van der Waals surface area contributed by atoms with Crippen molar-refractivity contribution in [3.05, 3.63) is 102 Å². The number of methoxy groups -OCH3 is 2. The number of nitrogens with one attached hydrogen (secondary N) is 1. The second-order valence-electron chi connectivity index (χ2n) is 8.39. The largest absolute Gasteiger partial charge is 0.497 e. The van der Waals surface area contributed by atoms with Crippen LogP contribution in [0.15, 0.2) is 89.1 Å². The molecule has 0 bridgehead atoms. The molecule has 0 aliphatic carbocycles. The van der Waals surface area contributed by atoms with Crippen LogP contribution in [0.2, 0.25) is 0 Å². The Kier molecular flexibility index (Phi) is 6.69. The molecule has 0 amide bonds. The zero-order valence-electron chi connectivity index (χ0n) is 20.3. The molecule has 0 spiro atoms. The number of hydrogen-bond donors (Lipinski definition) is 1. The van der Waals surface area contributed by atoms with Gasteiger partial charge in [-0.2, -0.15) is 4.98 Å². The second-order valence-corrected chi connectivity index (χ2v) is 8.77. The summed E-state index contributed by atoms with van der Waals surface area (Å²) in [5.74, 6) is 2.39. The highest BCUT2D eigenvalue weighted by Crippen LogP contribution is 2.39. The van der Waals surface area contributed by atoms with Crippen molar-refractivity contribution in [2.45, 2.75) is 19.5 Å². The number of thiocarbonyl (C=S) groups is 1. The number of ether oxygens (including phenoxy) is 2. The monoisotopic (exact) mass is 498 g/mol. The fraction of sp³-hybridized carbons (Fsp3) is 0.179. The predicted octanol–water partition coefficient (Wildman–Crippen LogP) is 5.62. The van der Waals surface area contributed by atoms with Crippen LogP contribution >= 0.6 is 12.2 Å². The first-order chi connectivity index (χ1) is 17.6. The Morgan fingerprint density at radius 2 is 1.67 bits per heavy atom. The molecule has 3 aromatic carbocycles. The lowest BCUT2D eigenvalue weighted by Crippen LogP contribution is -2.45. The smallest absolute Gasteiger partial charge is 0.258 e. The van der Waals surface area contributed by atoms with Gasteiger partial charge in [-0.3, -0.25) is 0 Å². The highest BCUT2D eigenvalue weighted by atomic mass is 32.1. The summed E-state index contributed by atoms with van der Waals surface area (Å²) in [7, 11) is 3.28. The summed E-state index contributed by atoms with van der Waals surface area (Å²) < 4.78 is 16.7. The molecule has 2 heterocycles. The molecule has 0 radical (unpaired) electrons. The molecule has 0 saturated carbocycles. The van der Waals surface area contributed by atoms with Gasteiger partial charge in [0.25, 0.3) is 5.89 Å². The third-order valence-electron chi connectivity index (χ3n) is 6.19. The minimum Gasteiger partial charge on any atom is -0.497 e. The SMILES string of the molecule is COc1cccc(-c2noc(C3=C(C)N(Cc4ccccc4)C(=S)NC3c3cccc(OC)c3)n2)c1. The van der Waals surface area contributed by atoms with Crippen molar-refractivity contribution >= 4 is 22.9 Å². The Bertz CT molecular complexity index is 1420. The van der Waals surface area contributed by atoms with E-state index in [9.17, 15) is 0 Å². The molecule has 7 nitrogen and oxygen atoms in total. The van der Waals surface area contributed by atoms with Crippen LogP contribution in [-0.4, -0.2) is 34.4 Å². The van der Waals surface area contributed by atoms with E-state index in [4.69, 9.17) is 31.2 Å². The van der Waals surface area contributed by atoms with Crippen molar-refractivity contribution in [3.63, 3.8) is 0 Å². The zero-order chi connectivity index (χ0) is 25.1. The van der Waals surface area contributed by atoms with E-state index in [1.807, 2.05) is 73.7 Å². The summed E-state index contributed by atoms with van der Waals surface area (Å²) in [5.41, 5.74) is 4.72. The first-order valence-corrected chi connectivity index (χ1v) is 11.9. The summed E-state index contributed by atoms with van der Waals surface area (Å²) in [6, 6.07) is 25.4. The first-order valence-electron chi connectivity index (χ1n) is 11.5. The van der Waals surface area contributed by atoms with Gasteiger partial charge in [0.15, 0.2) is 5.11 Å². The summed E-state index contributed by atoms with van der Waals surface area (Å²) in [4.78, 5) is 6.84. The Labute approximate surface area is 215 Å². The molecular weight excluding hydrogens is 472 g/mol. The summed E-state index contributed by atoms with van der Waals surface area (Å²) in [6.45, 7) is 2.65. The van der Waals surface area contributed by atoms with Gasteiger partial charge in [-0.25, -0.2) is 0 Å². The molecule has 1 aromatic heterocycles. The maximum atomic E-state index is 5.84. The van der Waals surface area contributed by atoms with Gasteiger partial charge in [-0.1, -0.05) is 59.8 Å². The van der Waals surface area contributed by atoms with Gasteiger partial charge in [0.2, 0.25) is 5.82 Å². The Morgan fingerprint density at radius 3 is 2.42 bits per heavy atom. The average molecular weight is 499 g/mol. The maximum absolute atomic E-state index is 5.84. The highest BCUT2D eigenvalue weighted by Gasteiger charge is 2.34. The number of aromatic nitrogens is 2. The predicted molar refractivity (Wildman–Crippen MR) is 142 cm³/mol. The van der Waals surface area contributed by atoms with E-state index in [1.165, 1.54) is 0 Å². The fourth-order valence-corrected chi connectivity index (χ4v) is 4.62. The van der Waals surface area contributed by atoms with Gasteiger partial charge >= 0.3 is 0 Å². The van der Waals surface area contributed by atoms with E-state index < -0.39 is 0 Å². The number of hydrogen-bond acceptors (Lipinski definition) is 6. The standard InChI is InChI=1S/C28H26N4O3S/c1-18-24(27-30-26(31-35-27)21-12-8-14-23(16-21)34-3)25(20-11-7-13-22(15-20)33-2)29-28(36)32(18)17-19-9-5-4-6-10-19/h4-16,25H,17H2,1-3H3,(H,29,36). The minimum absolute atomic E-state index is 0.293. The molecule has 182 valence electrons. The van der Waals surface area contributed by atoms with Crippen LogP contribution in [0.5, 0.6) is 11.5 Å². The number of benzene rings is 3. The van der Waals surface area contributed by atoms with Crippen LogP contribution in [0.25, 0.3) is 17.0 Å². The van der Waals surface area contributed by atoms with Gasteiger partial charge in [0, 0.05) is 17.8 Å². The van der Waals surface area contributed by atoms with E-state index in [0.29, 0.717) is 23.4 Å². The lowest BCUT2D eigenvalue weighted by atomic mass is 9.94. The molecule has 5 rings (SSSR count). The van der Waals surface area contributed by atoms with E-state index >= 15 is 0 Å². The minimum atomic E-state index is -0.293.